The van der Waals surface area contributed by atoms with Crippen molar-refractivity contribution in [3.05, 3.63) is 72.8 Å². The van der Waals surface area contributed by atoms with E-state index in [1.165, 1.54) is 23.5 Å². The van der Waals surface area contributed by atoms with Gasteiger partial charge in [-0.15, -0.1) is 0 Å². The van der Waals surface area contributed by atoms with Gasteiger partial charge in [0.05, 0.1) is 15.1 Å². The first kappa shape index (κ1) is 16.6. The summed E-state index contributed by atoms with van der Waals surface area (Å²) in [6.45, 7) is 0. The number of rotatable bonds is 4. The van der Waals surface area contributed by atoms with Crippen molar-refractivity contribution in [2.45, 2.75) is 4.90 Å². The summed E-state index contributed by atoms with van der Waals surface area (Å²) in [6.07, 6.45) is 0. The Morgan fingerprint density at radius 3 is 2.35 bits per heavy atom. The van der Waals surface area contributed by atoms with E-state index in [1.807, 2.05) is 48.5 Å². The fourth-order valence-electron chi connectivity index (χ4n) is 2.60. The number of nitrogens with zero attached hydrogens (tertiary/aromatic N) is 1. The Hall–Kier alpha value is -2.90. The molecule has 3 N–H and O–H groups in total. The highest BCUT2D eigenvalue weighted by Gasteiger charge is 2.16. The van der Waals surface area contributed by atoms with E-state index >= 15 is 0 Å². The number of aromatic nitrogens is 1. The Morgan fingerprint density at radius 2 is 1.62 bits per heavy atom. The maximum absolute atomic E-state index is 12.5. The zero-order valence-electron chi connectivity index (χ0n) is 13.6. The van der Waals surface area contributed by atoms with Crippen LogP contribution in [0.4, 0.5) is 10.8 Å². The number of nitrogens with two attached hydrogens (primary N) is 1. The average Bonchev–Trinajstić information content (AvgIpc) is 3.03. The van der Waals surface area contributed by atoms with Crippen LogP contribution in [0.15, 0.2) is 77.7 Å². The molecule has 26 heavy (non-hydrogen) atoms. The van der Waals surface area contributed by atoms with Crippen LogP contribution in [0.3, 0.4) is 0 Å². The van der Waals surface area contributed by atoms with Crippen molar-refractivity contribution in [3.8, 4) is 11.1 Å². The maximum Gasteiger partial charge on any atom is 0.263 e. The lowest BCUT2D eigenvalue weighted by Gasteiger charge is -2.04. The molecule has 1 aromatic heterocycles. The molecule has 7 heteroatoms. The second-order valence-electron chi connectivity index (χ2n) is 5.74. The molecule has 0 spiro atoms. The van der Waals surface area contributed by atoms with E-state index in [4.69, 9.17) is 5.73 Å². The van der Waals surface area contributed by atoms with Gasteiger partial charge in [0.1, 0.15) is 0 Å². The van der Waals surface area contributed by atoms with Gasteiger partial charge in [0.2, 0.25) is 0 Å². The molecule has 0 bridgehead atoms. The molecule has 4 aromatic rings. The first-order valence-electron chi connectivity index (χ1n) is 7.86. The Labute approximate surface area is 155 Å². The molecule has 0 unspecified atom stereocenters. The minimum Gasteiger partial charge on any atom is -0.399 e. The number of hydrogen-bond acceptors (Lipinski definition) is 5. The molecule has 0 amide bonds. The lowest BCUT2D eigenvalue weighted by atomic mass is 10.1. The van der Waals surface area contributed by atoms with Gasteiger partial charge in [0.25, 0.3) is 10.0 Å². The van der Waals surface area contributed by atoms with E-state index in [0.29, 0.717) is 10.8 Å². The van der Waals surface area contributed by atoms with Crippen molar-refractivity contribution < 1.29 is 8.42 Å². The molecule has 4 rings (SSSR count). The number of nitrogens with one attached hydrogen (secondary N) is 1. The van der Waals surface area contributed by atoms with E-state index < -0.39 is 10.0 Å². The van der Waals surface area contributed by atoms with Crippen LogP contribution in [0.25, 0.3) is 21.3 Å². The topological polar surface area (TPSA) is 85.1 Å². The SMILES string of the molecule is Nc1ccc(S(=O)(=O)Nc2nc3ccc(-c4ccccc4)cc3s2)cc1. The number of sulfonamides is 1. The fraction of sp³-hybridized carbons (Fsp3) is 0. The summed E-state index contributed by atoms with van der Waals surface area (Å²) in [4.78, 5) is 4.53. The Balaban J connectivity index is 1.66. The van der Waals surface area contributed by atoms with Crippen molar-refractivity contribution in [2.24, 2.45) is 0 Å². The summed E-state index contributed by atoms with van der Waals surface area (Å²) in [5.74, 6) is 0. The van der Waals surface area contributed by atoms with Crippen molar-refractivity contribution >= 4 is 42.4 Å². The van der Waals surface area contributed by atoms with Crippen LogP contribution in [0.2, 0.25) is 0 Å². The van der Waals surface area contributed by atoms with Crippen molar-refractivity contribution in [1.29, 1.82) is 0 Å². The van der Waals surface area contributed by atoms with E-state index in [1.54, 1.807) is 12.1 Å². The monoisotopic (exact) mass is 381 g/mol. The molecule has 0 aliphatic heterocycles. The van der Waals surface area contributed by atoms with Crippen LogP contribution in [-0.2, 0) is 10.0 Å². The minimum atomic E-state index is -3.70. The van der Waals surface area contributed by atoms with Crippen molar-refractivity contribution in [2.75, 3.05) is 10.5 Å². The Bertz CT molecular complexity index is 1170. The molecule has 0 aliphatic carbocycles. The molecular formula is C19H15N3O2S2. The van der Waals surface area contributed by atoms with Crippen LogP contribution in [0.1, 0.15) is 0 Å². The highest BCUT2D eigenvalue weighted by Crippen LogP contribution is 2.31. The highest BCUT2D eigenvalue weighted by atomic mass is 32.2. The third kappa shape index (κ3) is 3.26. The molecule has 0 fully saturated rings. The van der Waals surface area contributed by atoms with E-state index in [-0.39, 0.29) is 4.90 Å². The highest BCUT2D eigenvalue weighted by molar-refractivity contribution is 7.93. The first-order valence-corrected chi connectivity index (χ1v) is 10.2. The first-order chi connectivity index (χ1) is 12.5. The van der Waals surface area contributed by atoms with Crippen LogP contribution in [0, 0.1) is 0 Å². The van der Waals surface area contributed by atoms with Gasteiger partial charge in [0.15, 0.2) is 5.13 Å². The van der Waals surface area contributed by atoms with E-state index in [2.05, 4.69) is 9.71 Å². The number of benzene rings is 3. The summed E-state index contributed by atoms with van der Waals surface area (Å²) in [5, 5.41) is 0.335. The summed E-state index contributed by atoms with van der Waals surface area (Å²) >= 11 is 1.30. The van der Waals surface area contributed by atoms with Gasteiger partial charge in [0, 0.05) is 5.69 Å². The predicted molar refractivity (Wildman–Crippen MR) is 107 cm³/mol. The second-order valence-corrected chi connectivity index (χ2v) is 8.46. The second kappa shape index (κ2) is 6.44. The van der Waals surface area contributed by atoms with Crippen LogP contribution < -0.4 is 10.5 Å². The van der Waals surface area contributed by atoms with E-state index in [0.717, 1.165) is 21.3 Å². The summed E-state index contributed by atoms with van der Waals surface area (Å²) < 4.78 is 28.4. The summed E-state index contributed by atoms with van der Waals surface area (Å²) in [6, 6.07) is 22.0. The molecular weight excluding hydrogens is 366 g/mol. The zero-order chi connectivity index (χ0) is 18.1. The molecule has 0 atom stereocenters. The lowest BCUT2D eigenvalue weighted by Crippen LogP contribution is -2.12. The van der Waals surface area contributed by atoms with Gasteiger partial charge < -0.3 is 5.73 Å². The quantitative estimate of drug-likeness (QED) is 0.515. The van der Waals surface area contributed by atoms with Crippen molar-refractivity contribution in [3.63, 3.8) is 0 Å². The summed E-state index contributed by atoms with van der Waals surface area (Å²) in [5.41, 5.74) is 9.04. The molecule has 1 heterocycles. The Morgan fingerprint density at radius 1 is 0.885 bits per heavy atom. The molecule has 0 aliphatic rings. The number of hydrogen-bond donors (Lipinski definition) is 2. The standard InChI is InChI=1S/C19H15N3O2S2/c20-15-7-9-16(10-8-15)26(23,24)22-19-21-17-11-6-14(12-18(17)25-19)13-4-2-1-3-5-13/h1-12H,20H2,(H,21,22). The molecule has 0 saturated heterocycles. The van der Waals surface area contributed by atoms with Crippen LogP contribution in [0.5, 0.6) is 0 Å². The normalized spacial score (nSPS) is 11.5. The third-order valence-electron chi connectivity index (χ3n) is 3.91. The number of fused-ring (bicyclic) bond motifs is 1. The Kier molecular flexibility index (Phi) is 4.10. The minimum absolute atomic E-state index is 0.149. The zero-order valence-corrected chi connectivity index (χ0v) is 15.2. The predicted octanol–water partition coefficient (Wildman–Crippen LogP) is 4.35. The van der Waals surface area contributed by atoms with Gasteiger partial charge in [-0.1, -0.05) is 47.7 Å². The molecule has 130 valence electrons. The van der Waals surface area contributed by atoms with Gasteiger partial charge >= 0.3 is 0 Å². The van der Waals surface area contributed by atoms with Gasteiger partial charge in [-0.25, -0.2) is 13.4 Å². The smallest absolute Gasteiger partial charge is 0.263 e. The summed E-state index contributed by atoms with van der Waals surface area (Å²) in [7, 11) is -3.70. The van der Waals surface area contributed by atoms with Gasteiger partial charge in [-0.2, -0.15) is 0 Å². The third-order valence-corrected chi connectivity index (χ3v) is 6.33. The number of thiazole rings is 1. The average molecular weight is 381 g/mol. The van der Waals surface area contributed by atoms with Gasteiger partial charge in [-0.05, 0) is 47.5 Å². The number of nitrogen functional groups attached to an aromatic ring is 1. The van der Waals surface area contributed by atoms with Crippen LogP contribution >= 0.6 is 11.3 Å². The molecule has 0 radical (unpaired) electrons. The van der Waals surface area contributed by atoms with E-state index in [9.17, 15) is 8.42 Å². The molecule has 0 saturated carbocycles. The number of anilines is 2. The molecule has 3 aromatic carbocycles. The van der Waals surface area contributed by atoms with Crippen molar-refractivity contribution in [1.82, 2.24) is 4.98 Å². The largest absolute Gasteiger partial charge is 0.399 e. The maximum atomic E-state index is 12.5. The van der Waals surface area contributed by atoms with Crippen LogP contribution in [-0.4, -0.2) is 13.4 Å². The fourth-order valence-corrected chi connectivity index (χ4v) is 4.74. The lowest BCUT2D eigenvalue weighted by molar-refractivity contribution is 0.601. The van der Waals surface area contributed by atoms with Gasteiger partial charge in [-0.3, -0.25) is 4.72 Å². The molecule has 5 nitrogen and oxygen atoms in total.